The lowest BCUT2D eigenvalue weighted by Gasteiger charge is -2.11. The topological polar surface area (TPSA) is 385 Å². The number of benzene rings is 8. The first-order valence-electron chi connectivity index (χ1n) is 20.4. The van der Waals surface area contributed by atoms with E-state index in [9.17, 15) is 61.8 Å². The summed E-state index contributed by atoms with van der Waals surface area (Å²) in [5.41, 5.74) is 5.50. The van der Waals surface area contributed by atoms with E-state index < -0.39 is 77.4 Å². The van der Waals surface area contributed by atoms with Crippen LogP contribution < -0.4 is 20.5 Å². The Bertz CT molecular complexity index is 4190. The van der Waals surface area contributed by atoms with Crippen molar-refractivity contribution in [1.82, 2.24) is 0 Å². The molecule has 0 saturated heterocycles. The highest BCUT2D eigenvalue weighted by molar-refractivity contribution is 7.87. The molecule has 0 bridgehead atoms. The monoisotopic (exact) mass is 1070 g/mol. The van der Waals surface area contributed by atoms with Crippen LogP contribution in [0.4, 0.5) is 45.5 Å². The summed E-state index contributed by atoms with van der Waals surface area (Å²) in [6, 6.07) is 25.2. The fraction of sp³-hybridized carbons (Fsp3) is 0.0444. The zero-order chi connectivity index (χ0) is 52.8. The standard InChI is InChI=1S/C45H34N8O16S4/c1-68-38-22-37(39(69-2)21-36(38)51-48-27-18-33-31(41(19-27)72(62,63)64)4-3-5-40(33)71(59,60)61)52-49-34-14-15-35(32-20-28(70(56,57)58)11-13-30(32)34)50-53-43-42(73(65,66)67)17-24-16-26(10-12-29(24)44(43)54)47-45(55)23-6-8-25(46)9-7-23/h3-22,54H,46H2,1-2H3,(H,47,55)(H,56,57,58)(H,59,60,61)(H,62,63,64)(H,65,66,67). The van der Waals surface area contributed by atoms with Crippen molar-refractivity contribution in [2.24, 2.45) is 30.7 Å². The summed E-state index contributed by atoms with van der Waals surface area (Å²) in [6.07, 6.45) is 0. The number of hydrogen-bond donors (Lipinski definition) is 7. The summed E-state index contributed by atoms with van der Waals surface area (Å²) in [6.45, 7) is 0. The Morgan fingerprint density at radius 3 is 1.68 bits per heavy atom. The number of nitrogen functional groups attached to an aromatic ring is 1. The molecule has 8 N–H and O–H groups in total. The van der Waals surface area contributed by atoms with Crippen LogP contribution in [0.25, 0.3) is 32.3 Å². The number of fused-ring (bicyclic) bond motifs is 3. The van der Waals surface area contributed by atoms with E-state index in [0.717, 1.165) is 36.4 Å². The van der Waals surface area contributed by atoms with Gasteiger partial charge < -0.3 is 25.6 Å². The first kappa shape index (κ1) is 51.0. The van der Waals surface area contributed by atoms with E-state index in [-0.39, 0.29) is 83.5 Å². The van der Waals surface area contributed by atoms with Gasteiger partial charge in [-0.25, -0.2) is 0 Å². The molecule has 0 aliphatic rings. The zero-order valence-electron chi connectivity index (χ0n) is 37.2. The van der Waals surface area contributed by atoms with Crippen LogP contribution >= 0.6 is 0 Å². The number of carbonyl (C=O) groups excluding carboxylic acids is 1. The van der Waals surface area contributed by atoms with Gasteiger partial charge in [-0.15, -0.1) is 25.6 Å². The summed E-state index contributed by atoms with van der Waals surface area (Å²) in [5.74, 6) is -1.27. The van der Waals surface area contributed by atoms with Crippen molar-refractivity contribution in [3.63, 3.8) is 0 Å². The number of aromatic hydroxyl groups is 1. The molecule has 0 heterocycles. The number of azo groups is 3. The molecule has 1 amide bonds. The second-order valence-electron chi connectivity index (χ2n) is 15.4. The molecule has 0 aromatic heterocycles. The summed E-state index contributed by atoms with van der Waals surface area (Å²) in [4.78, 5) is 9.97. The van der Waals surface area contributed by atoms with Crippen molar-refractivity contribution >= 4 is 124 Å². The predicted molar refractivity (Wildman–Crippen MR) is 264 cm³/mol. The number of phenols is 1. The van der Waals surface area contributed by atoms with E-state index in [4.69, 9.17) is 15.2 Å². The van der Waals surface area contributed by atoms with Crippen molar-refractivity contribution < 1.29 is 71.3 Å². The molecule has 8 aromatic carbocycles. The minimum atomic E-state index is -5.13. The highest BCUT2D eigenvalue weighted by Gasteiger charge is 2.25. The molecule has 0 unspecified atom stereocenters. The number of carbonyl (C=O) groups is 1. The number of anilines is 2. The Morgan fingerprint density at radius 2 is 1.08 bits per heavy atom. The molecule has 0 radical (unpaired) electrons. The van der Waals surface area contributed by atoms with Gasteiger partial charge in [0.05, 0.1) is 36.2 Å². The van der Waals surface area contributed by atoms with E-state index in [0.29, 0.717) is 5.69 Å². The van der Waals surface area contributed by atoms with Gasteiger partial charge in [0.2, 0.25) is 0 Å². The molecule has 24 nitrogen and oxygen atoms in total. The van der Waals surface area contributed by atoms with E-state index in [1.165, 1.54) is 99.1 Å². The van der Waals surface area contributed by atoms with Crippen LogP contribution in [-0.4, -0.2) is 77.1 Å². The minimum Gasteiger partial charge on any atom is -0.505 e. The predicted octanol–water partition coefficient (Wildman–Crippen LogP) is 9.94. The number of nitrogens with one attached hydrogen (secondary N) is 1. The minimum absolute atomic E-state index is 0.00546. The Labute approximate surface area is 413 Å². The number of hydrogen-bond acceptors (Lipinski definition) is 19. The number of amides is 1. The Morgan fingerprint density at radius 1 is 0.507 bits per heavy atom. The summed E-state index contributed by atoms with van der Waals surface area (Å²) in [7, 11) is -17.3. The van der Waals surface area contributed by atoms with Crippen molar-refractivity contribution in [1.29, 1.82) is 0 Å². The fourth-order valence-electron chi connectivity index (χ4n) is 7.34. The van der Waals surface area contributed by atoms with Gasteiger partial charge in [-0.3, -0.25) is 23.0 Å². The van der Waals surface area contributed by atoms with E-state index >= 15 is 0 Å². The number of rotatable bonds is 14. The zero-order valence-corrected chi connectivity index (χ0v) is 40.4. The number of phenolic OH excluding ortho intramolecular Hbond substituents is 1. The first-order valence-corrected chi connectivity index (χ1v) is 26.1. The van der Waals surface area contributed by atoms with Crippen LogP contribution in [0.1, 0.15) is 10.4 Å². The van der Waals surface area contributed by atoms with Gasteiger partial charge in [-0.05, 0) is 96.4 Å². The second kappa shape index (κ2) is 19.3. The molecular formula is C45H34N8O16S4. The SMILES string of the molecule is COc1cc(N=Nc2ccc(N=Nc3c(S(=O)(=O)O)cc4cc(NC(=O)c5ccc(N)cc5)ccc4c3O)c3cc(S(=O)(=O)O)ccc23)c(OC)cc1N=Nc1cc(S(=O)(=O)O)c2cccc(S(=O)(=O)O)c2c1. The Kier molecular flexibility index (Phi) is 13.5. The van der Waals surface area contributed by atoms with Crippen LogP contribution in [-0.2, 0) is 40.5 Å². The molecule has 73 heavy (non-hydrogen) atoms. The van der Waals surface area contributed by atoms with Crippen molar-refractivity contribution in [2.75, 3.05) is 25.3 Å². The van der Waals surface area contributed by atoms with E-state index in [2.05, 4.69) is 36.0 Å². The number of nitrogens with two attached hydrogens (primary N) is 1. The van der Waals surface area contributed by atoms with Gasteiger partial charge in [-0.1, -0.05) is 18.2 Å². The van der Waals surface area contributed by atoms with Crippen molar-refractivity contribution in [2.45, 2.75) is 19.6 Å². The largest absolute Gasteiger partial charge is 0.505 e. The van der Waals surface area contributed by atoms with Crippen LogP contribution in [0.5, 0.6) is 17.2 Å². The highest BCUT2D eigenvalue weighted by Crippen LogP contribution is 2.45. The van der Waals surface area contributed by atoms with Gasteiger partial charge >= 0.3 is 0 Å². The van der Waals surface area contributed by atoms with Crippen LogP contribution in [0.2, 0.25) is 0 Å². The lowest BCUT2D eigenvalue weighted by atomic mass is 10.1. The summed E-state index contributed by atoms with van der Waals surface area (Å²) in [5, 5.41) is 38.5. The fourth-order valence-corrected chi connectivity index (χ4v) is 9.93. The lowest BCUT2D eigenvalue weighted by Crippen LogP contribution is -2.11. The highest BCUT2D eigenvalue weighted by atomic mass is 32.2. The van der Waals surface area contributed by atoms with Gasteiger partial charge in [0, 0.05) is 56.0 Å². The molecule has 0 aliphatic carbocycles. The molecule has 8 rings (SSSR count). The molecule has 0 spiro atoms. The summed E-state index contributed by atoms with van der Waals surface area (Å²) >= 11 is 0. The third kappa shape index (κ3) is 10.8. The normalized spacial score (nSPS) is 12.7. The Balaban J connectivity index is 1.16. The lowest BCUT2D eigenvalue weighted by molar-refractivity contribution is 0.102. The molecule has 28 heteroatoms. The van der Waals surface area contributed by atoms with Gasteiger partial charge in [-0.2, -0.15) is 38.8 Å². The molecule has 8 aromatic rings. The third-order valence-electron chi connectivity index (χ3n) is 10.7. The maximum atomic E-state index is 12.8. The summed E-state index contributed by atoms with van der Waals surface area (Å²) < 4.78 is 150. The Hall–Kier alpha value is -8.35. The molecule has 0 saturated carbocycles. The molecule has 0 aliphatic heterocycles. The smallest absolute Gasteiger partial charge is 0.296 e. The molecule has 0 fully saturated rings. The van der Waals surface area contributed by atoms with Crippen LogP contribution in [0.15, 0.2) is 172 Å². The van der Waals surface area contributed by atoms with E-state index in [1.54, 1.807) is 0 Å². The van der Waals surface area contributed by atoms with Crippen LogP contribution in [0.3, 0.4) is 0 Å². The molecule has 374 valence electrons. The van der Waals surface area contributed by atoms with Gasteiger partial charge in [0.25, 0.3) is 46.4 Å². The molecule has 0 atom stereocenters. The number of ether oxygens (including phenoxy) is 2. The average Bonchev–Trinajstić information content (AvgIpc) is 3.33. The first-order chi connectivity index (χ1) is 34.3. The van der Waals surface area contributed by atoms with Crippen molar-refractivity contribution in [3.05, 3.63) is 127 Å². The van der Waals surface area contributed by atoms with Crippen LogP contribution in [0, 0.1) is 0 Å². The average molecular weight is 1070 g/mol. The van der Waals surface area contributed by atoms with E-state index in [1.807, 2.05) is 0 Å². The third-order valence-corrected chi connectivity index (χ3v) is 14.3. The quantitative estimate of drug-likeness (QED) is 0.0302. The van der Waals surface area contributed by atoms with Crippen molar-refractivity contribution in [3.8, 4) is 17.2 Å². The van der Waals surface area contributed by atoms with Gasteiger partial charge in [0.15, 0.2) is 5.75 Å². The number of nitrogens with zero attached hydrogens (tertiary/aromatic N) is 6. The maximum Gasteiger partial charge on any atom is 0.296 e. The van der Waals surface area contributed by atoms with Gasteiger partial charge in [0.1, 0.15) is 43.2 Å². The maximum absolute atomic E-state index is 12.8. The second-order valence-corrected chi connectivity index (χ2v) is 21.0. The number of methoxy groups -OCH3 is 2. The molecular weight excluding hydrogens is 1040 g/mol.